The van der Waals surface area contributed by atoms with E-state index in [2.05, 4.69) is 26.0 Å². The molecule has 0 amide bonds. The smallest absolute Gasteiger partial charge is 0.232 e. The summed E-state index contributed by atoms with van der Waals surface area (Å²) in [5.41, 5.74) is 0.597. The van der Waals surface area contributed by atoms with E-state index in [1.807, 2.05) is 6.07 Å². The fourth-order valence-corrected chi connectivity index (χ4v) is 3.15. The van der Waals surface area contributed by atoms with Crippen LogP contribution in [0.3, 0.4) is 0 Å². The molecule has 0 aliphatic heterocycles. The van der Waals surface area contributed by atoms with Crippen LogP contribution in [0.15, 0.2) is 28.7 Å². The fraction of sp³-hybridized carbons (Fsp3) is 0.500. The van der Waals surface area contributed by atoms with Crippen LogP contribution in [0.25, 0.3) is 0 Å². The summed E-state index contributed by atoms with van der Waals surface area (Å²) < 4.78 is 27.1. The first-order valence-electron chi connectivity index (χ1n) is 6.05. The van der Waals surface area contributed by atoms with Crippen molar-refractivity contribution in [1.29, 1.82) is 0 Å². The quantitative estimate of drug-likeness (QED) is 0.753. The van der Waals surface area contributed by atoms with Gasteiger partial charge in [-0.25, -0.2) is 8.42 Å². The molecule has 0 unspecified atom stereocenters. The molecule has 1 aliphatic rings. The lowest BCUT2D eigenvalue weighted by Gasteiger charge is -2.08. The number of benzene rings is 1. The van der Waals surface area contributed by atoms with Gasteiger partial charge in [0.05, 0.1) is 5.75 Å². The highest BCUT2D eigenvalue weighted by molar-refractivity contribution is 9.10. The van der Waals surface area contributed by atoms with Crippen LogP contribution in [0, 0.1) is 0 Å². The van der Waals surface area contributed by atoms with E-state index >= 15 is 0 Å². The zero-order valence-electron chi connectivity index (χ0n) is 10.0. The van der Waals surface area contributed by atoms with Gasteiger partial charge < -0.3 is 5.32 Å². The number of hydrogen-bond acceptors (Lipinski definition) is 3. The standard InChI is InChI=1S/C12H17BrN2O2S/c13-10-3-1-4-12(9-10)15-18(16,17)8-2-7-14-11-5-6-11/h1,3-4,9,11,14-15H,2,5-8H2. The van der Waals surface area contributed by atoms with Gasteiger partial charge in [-0.05, 0) is 44.0 Å². The van der Waals surface area contributed by atoms with Gasteiger partial charge in [0.2, 0.25) is 10.0 Å². The maximum atomic E-state index is 11.8. The van der Waals surface area contributed by atoms with Crippen LogP contribution in [0.4, 0.5) is 5.69 Å². The third kappa shape index (κ3) is 4.96. The van der Waals surface area contributed by atoms with Gasteiger partial charge in [0.1, 0.15) is 0 Å². The summed E-state index contributed by atoms with van der Waals surface area (Å²) in [5.74, 6) is 0.152. The minimum Gasteiger partial charge on any atom is -0.314 e. The molecule has 100 valence electrons. The first-order valence-corrected chi connectivity index (χ1v) is 8.49. The van der Waals surface area contributed by atoms with Gasteiger partial charge in [-0.15, -0.1) is 0 Å². The first-order chi connectivity index (χ1) is 8.55. The number of rotatable bonds is 7. The lowest BCUT2D eigenvalue weighted by Crippen LogP contribution is -2.23. The Kier molecular flexibility index (Phi) is 4.64. The maximum absolute atomic E-state index is 11.8. The van der Waals surface area contributed by atoms with Crippen molar-refractivity contribution in [2.75, 3.05) is 17.0 Å². The molecule has 0 atom stereocenters. The van der Waals surface area contributed by atoms with Crippen LogP contribution in [-0.4, -0.2) is 26.8 Å². The van der Waals surface area contributed by atoms with Crippen LogP contribution in [0.5, 0.6) is 0 Å². The summed E-state index contributed by atoms with van der Waals surface area (Å²) >= 11 is 3.31. The van der Waals surface area contributed by atoms with Crippen molar-refractivity contribution in [3.05, 3.63) is 28.7 Å². The molecule has 4 nitrogen and oxygen atoms in total. The molecule has 0 radical (unpaired) electrons. The number of halogens is 1. The third-order valence-corrected chi connectivity index (χ3v) is 4.56. The van der Waals surface area contributed by atoms with Gasteiger partial charge >= 0.3 is 0 Å². The Morgan fingerprint density at radius 3 is 2.78 bits per heavy atom. The summed E-state index contributed by atoms with van der Waals surface area (Å²) in [6, 6.07) is 7.78. The van der Waals surface area contributed by atoms with Gasteiger partial charge in [0, 0.05) is 16.2 Å². The largest absolute Gasteiger partial charge is 0.314 e. The van der Waals surface area contributed by atoms with Crippen LogP contribution < -0.4 is 10.0 Å². The molecule has 1 saturated carbocycles. The molecule has 0 bridgehead atoms. The molecule has 0 heterocycles. The zero-order chi connectivity index (χ0) is 13.0. The van der Waals surface area contributed by atoms with Crippen molar-refractivity contribution >= 4 is 31.6 Å². The lowest BCUT2D eigenvalue weighted by atomic mass is 10.3. The monoisotopic (exact) mass is 332 g/mol. The van der Waals surface area contributed by atoms with E-state index in [0.717, 1.165) is 11.0 Å². The number of anilines is 1. The van der Waals surface area contributed by atoms with Crippen molar-refractivity contribution in [2.45, 2.75) is 25.3 Å². The van der Waals surface area contributed by atoms with E-state index in [-0.39, 0.29) is 5.75 Å². The van der Waals surface area contributed by atoms with E-state index in [1.165, 1.54) is 12.8 Å². The molecule has 18 heavy (non-hydrogen) atoms. The third-order valence-electron chi connectivity index (χ3n) is 2.70. The minimum absolute atomic E-state index is 0.152. The predicted octanol–water partition coefficient (Wildman–Crippen LogP) is 2.33. The second kappa shape index (κ2) is 6.04. The van der Waals surface area contributed by atoms with E-state index in [1.54, 1.807) is 18.2 Å². The minimum atomic E-state index is -3.24. The molecular weight excluding hydrogens is 316 g/mol. The van der Waals surface area contributed by atoms with Gasteiger partial charge in [-0.1, -0.05) is 22.0 Å². The van der Waals surface area contributed by atoms with Crippen molar-refractivity contribution in [2.24, 2.45) is 0 Å². The fourth-order valence-electron chi connectivity index (χ4n) is 1.64. The lowest BCUT2D eigenvalue weighted by molar-refractivity contribution is 0.593. The Morgan fingerprint density at radius 1 is 1.33 bits per heavy atom. The van der Waals surface area contributed by atoms with E-state index < -0.39 is 10.0 Å². The average molecular weight is 333 g/mol. The Hall–Kier alpha value is -0.590. The highest BCUT2D eigenvalue weighted by Crippen LogP contribution is 2.19. The zero-order valence-corrected chi connectivity index (χ0v) is 12.4. The van der Waals surface area contributed by atoms with E-state index in [4.69, 9.17) is 0 Å². The molecule has 2 rings (SSSR count). The highest BCUT2D eigenvalue weighted by Gasteiger charge is 2.20. The Bertz CT molecular complexity index is 501. The molecule has 0 aromatic heterocycles. The van der Waals surface area contributed by atoms with E-state index in [9.17, 15) is 8.42 Å². The van der Waals surface area contributed by atoms with Gasteiger partial charge in [-0.3, -0.25) is 4.72 Å². The number of sulfonamides is 1. The molecule has 0 saturated heterocycles. The van der Waals surface area contributed by atoms with Crippen molar-refractivity contribution in [1.82, 2.24) is 5.32 Å². The Balaban J connectivity index is 1.78. The first kappa shape index (κ1) is 13.8. The SMILES string of the molecule is O=S(=O)(CCCNC1CC1)Nc1cccc(Br)c1. The summed E-state index contributed by atoms with van der Waals surface area (Å²) in [6.07, 6.45) is 3.09. The summed E-state index contributed by atoms with van der Waals surface area (Å²) in [6.45, 7) is 0.768. The van der Waals surface area contributed by atoms with Gasteiger partial charge in [0.15, 0.2) is 0 Å². The number of nitrogens with one attached hydrogen (secondary N) is 2. The average Bonchev–Trinajstić information content (AvgIpc) is 3.07. The second-order valence-corrected chi connectivity index (χ2v) is 7.27. The van der Waals surface area contributed by atoms with Crippen LogP contribution >= 0.6 is 15.9 Å². The molecule has 2 N–H and O–H groups in total. The summed E-state index contributed by atoms with van der Waals surface area (Å²) in [5, 5.41) is 3.30. The van der Waals surface area contributed by atoms with Gasteiger partial charge in [0.25, 0.3) is 0 Å². The Morgan fingerprint density at radius 2 is 2.11 bits per heavy atom. The second-order valence-electron chi connectivity index (χ2n) is 4.51. The molecule has 1 aromatic rings. The Labute approximate surface area is 116 Å². The topological polar surface area (TPSA) is 58.2 Å². The van der Waals surface area contributed by atoms with Crippen LogP contribution in [-0.2, 0) is 10.0 Å². The molecule has 1 aromatic carbocycles. The van der Waals surface area contributed by atoms with Crippen LogP contribution in [0.2, 0.25) is 0 Å². The number of hydrogen-bond donors (Lipinski definition) is 2. The van der Waals surface area contributed by atoms with Crippen molar-refractivity contribution in [3.8, 4) is 0 Å². The normalized spacial score (nSPS) is 15.6. The molecule has 1 aliphatic carbocycles. The van der Waals surface area contributed by atoms with Crippen molar-refractivity contribution in [3.63, 3.8) is 0 Å². The molecular formula is C12H17BrN2O2S. The van der Waals surface area contributed by atoms with Gasteiger partial charge in [-0.2, -0.15) is 0 Å². The molecule has 0 spiro atoms. The molecule has 1 fully saturated rings. The predicted molar refractivity (Wildman–Crippen MR) is 77.2 cm³/mol. The van der Waals surface area contributed by atoms with E-state index in [0.29, 0.717) is 18.2 Å². The van der Waals surface area contributed by atoms with Crippen LogP contribution in [0.1, 0.15) is 19.3 Å². The van der Waals surface area contributed by atoms with Crippen molar-refractivity contribution < 1.29 is 8.42 Å². The molecule has 6 heteroatoms. The highest BCUT2D eigenvalue weighted by atomic mass is 79.9. The maximum Gasteiger partial charge on any atom is 0.232 e. The summed E-state index contributed by atoms with van der Waals surface area (Å²) in [4.78, 5) is 0. The summed E-state index contributed by atoms with van der Waals surface area (Å²) in [7, 11) is -3.24.